The van der Waals surface area contributed by atoms with Gasteiger partial charge in [0.25, 0.3) is 0 Å². The fourth-order valence-electron chi connectivity index (χ4n) is 0.589. The van der Waals surface area contributed by atoms with Crippen LogP contribution in [0.2, 0.25) is 0 Å². The molecule has 0 aliphatic carbocycles. The summed E-state index contributed by atoms with van der Waals surface area (Å²) in [6, 6.07) is 0. The van der Waals surface area contributed by atoms with Crippen LogP contribution in [0.15, 0.2) is 5.11 Å². The van der Waals surface area contributed by atoms with Crippen LogP contribution < -0.4 is 5.90 Å². The number of nitrogens with two attached hydrogens (primary N) is 1. The Bertz CT molecular complexity index is 110. The van der Waals surface area contributed by atoms with Crippen LogP contribution in [0.1, 0.15) is 19.3 Å². The van der Waals surface area contributed by atoms with E-state index < -0.39 is 0 Å². The molecular weight excluding hydrogens is 132 g/mol. The van der Waals surface area contributed by atoms with Crippen molar-refractivity contribution in [3.63, 3.8) is 0 Å². The van der Waals surface area contributed by atoms with E-state index >= 15 is 0 Å². The second kappa shape index (κ2) is 8.23. The molecule has 10 heavy (non-hydrogen) atoms. The molecule has 0 spiro atoms. The van der Waals surface area contributed by atoms with Gasteiger partial charge in [-0.1, -0.05) is 11.5 Å². The normalized spacial score (nSPS) is 8.90. The van der Waals surface area contributed by atoms with Crippen molar-refractivity contribution < 1.29 is 4.84 Å². The lowest BCUT2D eigenvalue weighted by molar-refractivity contribution is 0.133. The number of rotatable bonds is 6. The zero-order valence-corrected chi connectivity index (χ0v) is 5.86. The fraction of sp³-hybridized carbons (Fsp3) is 1.00. The van der Waals surface area contributed by atoms with Crippen molar-refractivity contribution in [1.29, 1.82) is 0 Å². The molecule has 0 aliphatic heterocycles. The molecule has 0 radical (unpaired) electrons. The molecular formula is C5H12N4O. The molecule has 0 aromatic heterocycles. The molecule has 0 aromatic rings. The number of hydrogen-bond donors (Lipinski definition) is 1. The van der Waals surface area contributed by atoms with E-state index in [1.54, 1.807) is 0 Å². The summed E-state index contributed by atoms with van der Waals surface area (Å²) in [5, 5.41) is 3.38. The van der Waals surface area contributed by atoms with Crippen LogP contribution in [0.4, 0.5) is 0 Å². The monoisotopic (exact) mass is 144 g/mol. The van der Waals surface area contributed by atoms with E-state index in [1.165, 1.54) is 0 Å². The molecule has 0 bridgehead atoms. The minimum Gasteiger partial charge on any atom is -0.305 e. The van der Waals surface area contributed by atoms with Crippen LogP contribution in [-0.4, -0.2) is 13.2 Å². The highest BCUT2D eigenvalue weighted by Gasteiger charge is 1.86. The topological polar surface area (TPSA) is 84.0 Å². The van der Waals surface area contributed by atoms with Crippen LogP contribution >= 0.6 is 0 Å². The van der Waals surface area contributed by atoms with Gasteiger partial charge in [0.05, 0.1) is 6.61 Å². The molecule has 0 aliphatic rings. The molecule has 5 nitrogen and oxygen atoms in total. The van der Waals surface area contributed by atoms with Gasteiger partial charge in [-0.15, -0.1) is 0 Å². The Balaban J connectivity index is 2.83. The first-order valence-electron chi connectivity index (χ1n) is 3.24. The summed E-state index contributed by atoms with van der Waals surface area (Å²) in [7, 11) is 0. The van der Waals surface area contributed by atoms with Crippen molar-refractivity contribution in [2.24, 2.45) is 11.0 Å². The Morgan fingerprint density at radius 1 is 1.40 bits per heavy atom. The van der Waals surface area contributed by atoms with Gasteiger partial charge in [0, 0.05) is 11.5 Å². The SMILES string of the molecule is [N-]=[N+]=NCCCCCON. The van der Waals surface area contributed by atoms with Crippen molar-refractivity contribution in [3.05, 3.63) is 10.4 Å². The molecule has 0 unspecified atom stereocenters. The number of unbranched alkanes of at least 4 members (excludes halogenated alkanes) is 2. The van der Waals surface area contributed by atoms with E-state index in [0.717, 1.165) is 19.3 Å². The predicted molar refractivity (Wildman–Crippen MR) is 38.0 cm³/mol. The summed E-state index contributed by atoms with van der Waals surface area (Å²) in [6.45, 7) is 1.15. The van der Waals surface area contributed by atoms with Crippen LogP contribution in [0, 0.1) is 0 Å². The highest BCUT2D eigenvalue weighted by Crippen LogP contribution is 1.94. The smallest absolute Gasteiger partial charge is 0.0679 e. The molecule has 0 saturated heterocycles. The van der Waals surface area contributed by atoms with Crippen molar-refractivity contribution in [2.45, 2.75) is 19.3 Å². The Kier molecular flexibility index (Phi) is 7.60. The Hall–Kier alpha value is -0.770. The van der Waals surface area contributed by atoms with Crippen LogP contribution in [0.5, 0.6) is 0 Å². The third-order valence-corrected chi connectivity index (χ3v) is 1.08. The Labute approximate surface area is 59.7 Å². The van der Waals surface area contributed by atoms with E-state index in [2.05, 4.69) is 14.9 Å². The van der Waals surface area contributed by atoms with Gasteiger partial charge in [-0.3, -0.25) is 0 Å². The number of hydrogen-bond acceptors (Lipinski definition) is 3. The molecule has 0 fully saturated rings. The first-order valence-corrected chi connectivity index (χ1v) is 3.24. The second-order valence-electron chi connectivity index (χ2n) is 1.89. The Morgan fingerprint density at radius 3 is 2.80 bits per heavy atom. The average molecular weight is 144 g/mol. The zero-order valence-electron chi connectivity index (χ0n) is 5.86. The van der Waals surface area contributed by atoms with Crippen LogP contribution in [0.25, 0.3) is 10.4 Å². The molecule has 0 saturated carbocycles. The Morgan fingerprint density at radius 2 is 2.20 bits per heavy atom. The number of azide groups is 1. The lowest BCUT2D eigenvalue weighted by Gasteiger charge is -1.94. The first-order chi connectivity index (χ1) is 4.91. The van der Waals surface area contributed by atoms with Crippen molar-refractivity contribution >= 4 is 0 Å². The molecule has 2 N–H and O–H groups in total. The summed E-state index contributed by atoms with van der Waals surface area (Å²) in [4.78, 5) is 6.97. The van der Waals surface area contributed by atoms with Gasteiger partial charge in [-0.25, -0.2) is 5.90 Å². The highest BCUT2D eigenvalue weighted by atomic mass is 16.6. The summed E-state index contributed by atoms with van der Waals surface area (Å²) >= 11 is 0. The molecule has 0 aromatic carbocycles. The van der Waals surface area contributed by atoms with E-state index in [0.29, 0.717) is 13.2 Å². The van der Waals surface area contributed by atoms with Gasteiger partial charge in [0.2, 0.25) is 0 Å². The largest absolute Gasteiger partial charge is 0.305 e. The molecule has 0 rings (SSSR count). The maximum atomic E-state index is 7.88. The maximum absolute atomic E-state index is 7.88. The predicted octanol–water partition coefficient (Wildman–Crippen LogP) is 1.36. The summed E-state index contributed by atoms with van der Waals surface area (Å²) in [5.74, 6) is 4.79. The lowest BCUT2D eigenvalue weighted by Crippen LogP contribution is -2.00. The first kappa shape index (κ1) is 9.23. The van der Waals surface area contributed by atoms with E-state index in [-0.39, 0.29) is 0 Å². The fourth-order valence-corrected chi connectivity index (χ4v) is 0.589. The molecule has 0 atom stereocenters. The van der Waals surface area contributed by atoms with E-state index in [9.17, 15) is 0 Å². The van der Waals surface area contributed by atoms with Crippen molar-refractivity contribution in [3.8, 4) is 0 Å². The maximum Gasteiger partial charge on any atom is 0.0679 e. The highest BCUT2D eigenvalue weighted by molar-refractivity contribution is 4.47. The summed E-state index contributed by atoms with van der Waals surface area (Å²) in [5.41, 5.74) is 7.88. The van der Waals surface area contributed by atoms with E-state index in [4.69, 9.17) is 11.4 Å². The summed E-state index contributed by atoms with van der Waals surface area (Å²) in [6.07, 6.45) is 2.83. The third-order valence-electron chi connectivity index (χ3n) is 1.08. The molecule has 58 valence electrons. The third kappa shape index (κ3) is 7.23. The molecule has 5 heteroatoms. The van der Waals surface area contributed by atoms with Gasteiger partial charge < -0.3 is 4.84 Å². The molecule has 0 heterocycles. The van der Waals surface area contributed by atoms with Gasteiger partial charge >= 0.3 is 0 Å². The summed E-state index contributed by atoms with van der Waals surface area (Å²) < 4.78 is 0. The van der Waals surface area contributed by atoms with E-state index in [1.807, 2.05) is 0 Å². The van der Waals surface area contributed by atoms with Crippen LogP contribution in [-0.2, 0) is 4.84 Å². The van der Waals surface area contributed by atoms with Gasteiger partial charge in [0.1, 0.15) is 0 Å². The number of nitrogens with zero attached hydrogens (tertiary/aromatic N) is 3. The van der Waals surface area contributed by atoms with Crippen molar-refractivity contribution in [2.75, 3.05) is 13.2 Å². The standard InChI is InChI=1S/C5H12N4O/c6-9-8-4-2-1-3-5-10-7/h1-5,7H2. The second-order valence-corrected chi connectivity index (χ2v) is 1.89. The van der Waals surface area contributed by atoms with Gasteiger partial charge in [-0.2, -0.15) is 0 Å². The van der Waals surface area contributed by atoms with Crippen molar-refractivity contribution in [1.82, 2.24) is 0 Å². The zero-order chi connectivity index (χ0) is 7.66. The lowest BCUT2D eigenvalue weighted by atomic mass is 10.2. The van der Waals surface area contributed by atoms with Crippen LogP contribution in [0.3, 0.4) is 0 Å². The minimum absolute atomic E-state index is 0.571. The quantitative estimate of drug-likeness (QED) is 0.200. The molecule has 0 amide bonds. The average Bonchev–Trinajstić information content (AvgIpc) is 1.97. The van der Waals surface area contributed by atoms with Gasteiger partial charge in [0.15, 0.2) is 0 Å². The van der Waals surface area contributed by atoms with Gasteiger partial charge in [-0.05, 0) is 18.4 Å². The minimum atomic E-state index is 0.571.